The summed E-state index contributed by atoms with van der Waals surface area (Å²) in [6.45, 7) is 13.9. The third-order valence-electron chi connectivity index (χ3n) is 4.94. The van der Waals surface area contributed by atoms with E-state index < -0.39 is 23.4 Å². The number of benzene rings is 1. The van der Waals surface area contributed by atoms with Gasteiger partial charge in [-0.1, -0.05) is 0 Å². The lowest BCUT2D eigenvalue weighted by atomic mass is 9.98. The number of hydrogen-bond acceptors (Lipinski definition) is 7. The molecule has 0 aliphatic rings. The van der Waals surface area contributed by atoms with Gasteiger partial charge in [-0.2, -0.15) is 0 Å². The monoisotopic (exact) mass is 507 g/mol. The zero-order chi connectivity index (χ0) is 27.5. The first-order valence-electron chi connectivity index (χ1n) is 11.8. The summed E-state index contributed by atoms with van der Waals surface area (Å²) in [5, 5.41) is 9.59. The van der Waals surface area contributed by atoms with E-state index in [4.69, 9.17) is 9.47 Å². The maximum absolute atomic E-state index is 12.6. The van der Waals surface area contributed by atoms with Gasteiger partial charge in [0.25, 0.3) is 0 Å². The van der Waals surface area contributed by atoms with Crippen LogP contribution in [-0.4, -0.2) is 39.3 Å². The maximum atomic E-state index is 12.6. The first-order chi connectivity index (χ1) is 17.1. The lowest BCUT2D eigenvalue weighted by molar-refractivity contribution is -0.114. The number of pyridine rings is 2. The average molecular weight is 508 g/mol. The van der Waals surface area contributed by atoms with E-state index >= 15 is 0 Å². The van der Waals surface area contributed by atoms with Crippen LogP contribution in [-0.2, 0) is 14.3 Å². The fraction of sp³-hybridized carbons (Fsp3) is 0.370. The summed E-state index contributed by atoms with van der Waals surface area (Å²) in [6.07, 6.45) is 3.58. The smallest absolute Gasteiger partial charge is 0.412 e. The summed E-state index contributed by atoms with van der Waals surface area (Å²) in [4.78, 5) is 45.1. The van der Waals surface area contributed by atoms with E-state index in [1.54, 1.807) is 72.3 Å². The van der Waals surface area contributed by atoms with Gasteiger partial charge in [0.1, 0.15) is 17.0 Å². The molecule has 0 aliphatic carbocycles. The van der Waals surface area contributed by atoms with Crippen molar-refractivity contribution < 1.29 is 23.9 Å². The number of carbonyl (C=O) groups excluding carboxylic acids is 3. The quantitative estimate of drug-likeness (QED) is 0.380. The minimum Gasteiger partial charge on any atom is -0.444 e. The van der Waals surface area contributed by atoms with Crippen molar-refractivity contribution >= 4 is 46.1 Å². The number of amides is 3. The highest BCUT2D eigenvalue weighted by atomic mass is 16.6. The van der Waals surface area contributed by atoms with E-state index in [2.05, 4.69) is 25.9 Å². The van der Waals surface area contributed by atoms with Crippen molar-refractivity contribution in [1.82, 2.24) is 9.97 Å². The molecular weight excluding hydrogens is 474 g/mol. The van der Waals surface area contributed by atoms with Crippen molar-refractivity contribution in [2.24, 2.45) is 0 Å². The summed E-state index contributed by atoms with van der Waals surface area (Å²) in [7, 11) is 0. The van der Waals surface area contributed by atoms with E-state index in [1.807, 2.05) is 13.0 Å². The van der Waals surface area contributed by atoms with Crippen LogP contribution in [0.1, 0.15) is 54.0 Å². The number of anilines is 3. The van der Waals surface area contributed by atoms with E-state index in [9.17, 15) is 14.4 Å². The van der Waals surface area contributed by atoms with Crippen LogP contribution in [0, 0.1) is 6.92 Å². The second kappa shape index (κ2) is 10.4. The Kier molecular flexibility index (Phi) is 7.71. The minimum absolute atomic E-state index is 0.254. The molecule has 0 unspecified atom stereocenters. The Labute approximate surface area is 216 Å². The predicted molar refractivity (Wildman–Crippen MR) is 144 cm³/mol. The van der Waals surface area contributed by atoms with Crippen LogP contribution in [0.15, 0.2) is 36.8 Å². The average Bonchev–Trinajstić information content (AvgIpc) is 2.71. The van der Waals surface area contributed by atoms with Gasteiger partial charge in [0.15, 0.2) is 0 Å². The summed E-state index contributed by atoms with van der Waals surface area (Å²) in [5.41, 5.74) is 1.81. The van der Waals surface area contributed by atoms with Gasteiger partial charge in [-0.25, -0.2) is 14.6 Å². The molecule has 37 heavy (non-hydrogen) atoms. The number of carbonyl (C=O) groups is 3. The molecular formula is C27H33N5O5. The molecule has 0 saturated carbocycles. The molecule has 0 fully saturated rings. The zero-order valence-corrected chi connectivity index (χ0v) is 22.4. The molecule has 2 heterocycles. The molecule has 3 amide bonds. The van der Waals surface area contributed by atoms with E-state index in [0.717, 1.165) is 16.7 Å². The lowest BCUT2D eigenvalue weighted by Gasteiger charge is -2.21. The standard InChI is InChI=1S/C27H33N5O5/c1-15-19(12-28-14-22(15)32-25(35)37-27(6,7)8)17-9-18-11-23(30-16(2)33)29-13-20(18)21(10-17)31-24(34)36-26(3,4)5/h9-14H,1-8H3,(H,31,34)(H,32,35)(H,29,30,33). The Hall–Kier alpha value is -4.21. The second-order valence-electron chi connectivity index (χ2n) is 10.6. The molecule has 10 nitrogen and oxygen atoms in total. The van der Waals surface area contributed by atoms with Crippen molar-refractivity contribution in [3.63, 3.8) is 0 Å². The van der Waals surface area contributed by atoms with Crippen molar-refractivity contribution in [2.75, 3.05) is 16.0 Å². The van der Waals surface area contributed by atoms with Gasteiger partial charge in [-0.05, 0) is 83.2 Å². The molecule has 3 aromatic rings. The minimum atomic E-state index is -0.684. The summed E-state index contributed by atoms with van der Waals surface area (Å²) < 4.78 is 10.8. The SMILES string of the molecule is CC(=O)Nc1cc2cc(-c3cncc(NC(=O)OC(C)(C)C)c3C)cc(NC(=O)OC(C)(C)C)c2cn1. The molecule has 196 valence electrons. The third kappa shape index (κ3) is 7.63. The summed E-state index contributed by atoms with van der Waals surface area (Å²) in [6, 6.07) is 5.39. The van der Waals surface area contributed by atoms with Crippen LogP contribution >= 0.6 is 0 Å². The highest BCUT2D eigenvalue weighted by Gasteiger charge is 2.20. The van der Waals surface area contributed by atoms with Crippen LogP contribution < -0.4 is 16.0 Å². The van der Waals surface area contributed by atoms with Crippen LogP contribution in [0.25, 0.3) is 21.9 Å². The fourth-order valence-corrected chi connectivity index (χ4v) is 3.53. The number of ether oxygens (including phenoxy) is 2. The number of hydrogen-bond donors (Lipinski definition) is 3. The number of nitrogens with zero attached hydrogens (tertiary/aromatic N) is 2. The predicted octanol–water partition coefficient (Wildman–Crippen LogP) is 6.26. The van der Waals surface area contributed by atoms with Crippen molar-refractivity contribution in [1.29, 1.82) is 0 Å². The van der Waals surface area contributed by atoms with Crippen molar-refractivity contribution in [2.45, 2.75) is 66.6 Å². The molecule has 1 aromatic carbocycles. The molecule has 0 radical (unpaired) electrons. The largest absolute Gasteiger partial charge is 0.444 e. The molecule has 3 rings (SSSR count). The van der Waals surface area contributed by atoms with E-state index in [1.165, 1.54) is 6.92 Å². The Bertz CT molecular complexity index is 1360. The number of nitrogens with one attached hydrogen (secondary N) is 3. The molecule has 0 spiro atoms. The molecule has 3 N–H and O–H groups in total. The van der Waals surface area contributed by atoms with Crippen LogP contribution in [0.2, 0.25) is 0 Å². The van der Waals surface area contributed by atoms with E-state index in [-0.39, 0.29) is 5.91 Å². The summed E-state index contributed by atoms with van der Waals surface area (Å²) in [5.74, 6) is 0.117. The highest BCUT2D eigenvalue weighted by molar-refractivity contribution is 6.04. The van der Waals surface area contributed by atoms with Gasteiger partial charge in [-0.15, -0.1) is 0 Å². The first-order valence-corrected chi connectivity index (χ1v) is 11.8. The van der Waals surface area contributed by atoms with Crippen molar-refractivity contribution in [3.05, 3.63) is 42.4 Å². The van der Waals surface area contributed by atoms with Gasteiger partial charge in [0, 0.05) is 30.3 Å². The topological polar surface area (TPSA) is 132 Å². The number of rotatable bonds is 4. The zero-order valence-electron chi connectivity index (χ0n) is 22.4. The summed E-state index contributed by atoms with van der Waals surface area (Å²) >= 11 is 0. The highest BCUT2D eigenvalue weighted by Crippen LogP contribution is 2.35. The first kappa shape index (κ1) is 27.4. The van der Waals surface area contributed by atoms with Gasteiger partial charge in [0.05, 0.1) is 17.6 Å². The molecule has 0 bridgehead atoms. The van der Waals surface area contributed by atoms with Gasteiger partial charge >= 0.3 is 12.2 Å². The third-order valence-corrected chi connectivity index (χ3v) is 4.94. The Morgan fingerprint density at radius 3 is 1.95 bits per heavy atom. The Balaban J connectivity index is 2.09. The van der Waals surface area contributed by atoms with Crippen LogP contribution in [0.5, 0.6) is 0 Å². The molecule has 0 saturated heterocycles. The maximum Gasteiger partial charge on any atom is 0.412 e. The van der Waals surface area contributed by atoms with Gasteiger partial charge < -0.3 is 14.8 Å². The molecule has 0 atom stereocenters. The lowest BCUT2D eigenvalue weighted by Crippen LogP contribution is -2.27. The Morgan fingerprint density at radius 1 is 0.784 bits per heavy atom. The molecule has 2 aromatic heterocycles. The fourth-order valence-electron chi connectivity index (χ4n) is 3.53. The van der Waals surface area contributed by atoms with Gasteiger partial charge in [-0.3, -0.25) is 20.4 Å². The van der Waals surface area contributed by atoms with Crippen LogP contribution in [0.3, 0.4) is 0 Å². The van der Waals surface area contributed by atoms with E-state index in [0.29, 0.717) is 28.0 Å². The number of fused-ring (bicyclic) bond motifs is 1. The van der Waals surface area contributed by atoms with Gasteiger partial charge in [0.2, 0.25) is 5.91 Å². The van der Waals surface area contributed by atoms with Crippen molar-refractivity contribution in [3.8, 4) is 11.1 Å². The Morgan fingerprint density at radius 2 is 1.38 bits per heavy atom. The number of aromatic nitrogens is 2. The molecule has 10 heteroatoms. The van der Waals surface area contributed by atoms with Crippen LogP contribution in [0.4, 0.5) is 26.8 Å². The molecule has 0 aliphatic heterocycles. The second-order valence-corrected chi connectivity index (χ2v) is 10.6. The normalized spacial score (nSPS) is 11.6.